The van der Waals surface area contributed by atoms with Gasteiger partial charge in [-0.1, -0.05) is 6.07 Å². The Balaban J connectivity index is 1.36. The molecule has 0 aliphatic heterocycles. The van der Waals surface area contributed by atoms with Crippen molar-refractivity contribution in [3.05, 3.63) is 48.0 Å². The molecule has 0 spiro atoms. The van der Waals surface area contributed by atoms with E-state index < -0.39 is 11.9 Å². The lowest BCUT2D eigenvalue weighted by Gasteiger charge is -2.30. The predicted molar refractivity (Wildman–Crippen MR) is 104 cm³/mol. The van der Waals surface area contributed by atoms with E-state index in [1.807, 2.05) is 0 Å². The van der Waals surface area contributed by atoms with Crippen molar-refractivity contribution in [3.8, 4) is 0 Å². The van der Waals surface area contributed by atoms with Gasteiger partial charge >= 0.3 is 6.18 Å². The molecule has 1 fully saturated rings. The fraction of sp³-hybridized carbons (Fsp3) is 0.368. The van der Waals surface area contributed by atoms with Crippen LogP contribution in [0, 0.1) is 0 Å². The first kappa shape index (κ1) is 19.9. The van der Waals surface area contributed by atoms with E-state index in [1.54, 1.807) is 12.1 Å². The second-order valence-corrected chi connectivity index (χ2v) is 7.26. The van der Waals surface area contributed by atoms with Gasteiger partial charge in [-0.05, 0) is 37.8 Å². The minimum atomic E-state index is -4.49. The van der Waals surface area contributed by atoms with Crippen LogP contribution in [0.25, 0.3) is 5.65 Å². The number of imidazole rings is 1. The van der Waals surface area contributed by atoms with Crippen LogP contribution in [0.1, 0.15) is 41.7 Å². The number of nitrogens with zero attached hydrogens (tertiary/aromatic N) is 4. The fourth-order valence-corrected chi connectivity index (χ4v) is 3.58. The smallest absolute Gasteiger partial charge is 0.368 e. The summed E-state index contributed by atoms with van der Waals surface area (Å²) in [4.78, 5) is 23.5. The van der Waals surface area contributed by atoms with E-state index in [4.69, 9.17) is 5.73 Å². The highest BCUT2D eigenvalue weighted by Gasteiger charge is 2.34. The zero-order chi connectivity index (χ0) is 21.3. The molecule has 0 radical (unpaired) electrons. The number of fused-ring (bicyclic) bond motifs is 1. The average molecular weight is 419 g/mol. The lowest BCUT2D eigenvalue weighted by Crippen LogP contribution is -2.40. The Morgan fingerprint density at radius 2 is 1.77 bits per heavy atom. The van der Waals surface area contributed by atoms with Crippen molar-refractivity contribution in [2.24, 2.45) is 0 Å². The molecular weight excluding hydrogens is 399 g/mol. The van der Waals surface area contributed by atoms with Crippen LogP contribution in [0.15, 0.2) is 36.8 Å². The van der Waals surface area contributed by atoms with Gasteiger partial charge in [-0.2, -0.15) is 13.2 Å². The van der Waals surface area contributed by atoms with Crippen molar-refractivity contribution in [2.75, 3.05) is 11.1 Å². The summed E-state index contributed by atoms with van der Waals surface area (Å²) in [6.07, 6.45) is 2.28. The molecule has 1 amide bonds. The zero-order valence-corrected chi connectivity index (χ0v) is 15.9. The van der Waals surface area contributed by atoms with E-state index in [9.17, 15) is 18.0 Å². The maximum absolute atomic E-state index is 13.0. The molecule has 1 aliphatic rings. The Hall–Kier alpha value is -3.37. The van der Waals surface area contributed by atoms with Gasteiger partial charge in [0.25, 0.3) is 5.91 Å². The largest absolute Gasteiger partial charge is 0.434 e. The summed E-state index contributed by atoms with van der Waals surface area (Å²) in [7, 11) is 0. The molecule has 11 heteroatoms. The summed E-state index contributed by atoms with van der Waals surface area (Å²) in [5.41, 5.74) is 5.08. The maximum Gasteiger partial charge on any atom is 0.434 e. The first-order valence-electron chi connectivity index (χ1n) is 9.50. The Morgan fingerprint density at radius 3 is 2.43 bits per heavy atom. The first-order chi connectivity index (χ1) is 14.3. The van der Waals surface area contributed by atoms with Gasteiger partial charge in [-0.15, -0.1) is 0 Å². The molecule has 1 saturated carbocycles. The second-order valence-electron chi connectivity index (χ2n) is 7.26. The number of halogens is 3. The summed E-state index contributed by atoms with van der Waals surface area (Å²) >= 11 is 0. The van der Waals surface area contributed by atoms with Gasteiger partial charge < -0.3 is 16.4 Å². The molecule has 4 rings (SSSR count). The Kier molecular flexibility index (Phi) is 5.18. The molecule has 3 aromatic heterocycles. The van der Waals surface area contributed by atoms with Gasteiger partial charge in [0.2, 0.25) is 5.95 Å². The molecule has 0 bridgehead atoms. The quantitative estimate of drug-likeness (QED) is 0.600. The third kappa shape index (κ3) is 4.29. The standard InChI is InChI=1S/C19H20F3N7O/c20-19(21,22)14-10-29-15(2-1-3-16(29)28-14)26-12-4-6-13(7-5-12)27-17(30)11-8-24-18(23)25-9-11/h1-3,8-10,12-13,26H,4-7H2,(H,27,30)(H2,23,24,25)/t12-,13+. The van der Waals surface area contributed by atoms with Crippen molar-refractivity contribution < 1.29 is 18.0 Å². The van der Waals surface area contributed by atoms with Crippen molar-refractivity contribution in [1.29, 1.82) is 0 Å². The second kappa shape index (κ2) is 7.81. The molecule has 0 aromatic carbocycles. The van der Waals surface area contributed by atoms with Gasteiger partial charge in [-0.25, -0.2) is 15.0 Å². The SMILES string of the molecule is Nc1ncc(C(=O)N[C@H]2CC[C@@H](Nc3cccc4nc(C(F)(F)F)cn34)CC2)cn1. The third-order valence-corrected chi connectivity index (χ3v) is 5.13. The molecule has 3 aromatic rings. The number of carbonyl (C=O) groups excluding carboxylic acids is 1. The fourth-order valence-electron chi connectivity index (χ4n) is 3.58. The van der Waals surface area contributed by atoms with Crippen LogP contribution >= 0.6 is 0 Å². The molecule has 1 aliphatic carbocycles. The van der Waals surface area contributed by atoms with Gasteiger partial charge in [-0.3, -0.25) is 9.20 Å². The van der Waals surface area contributed by atoms with Gasteiger partial charge in [0.1, 0.15) is 11.5 Å². The van der Waals surface area contributed by atoms with Crippen LogP contribution in [0.4, 0.5) is 24.9 Å². The summed E-state index contributed by atoms with van der Waals surface area (Å²) in [5.74, 6) is 0.407. The topological polar surface area (TPSA) is 110 Å². The lowest BCUT2D eigenvalue weighted by atomic mass is 9.91. The van der Waals surface area contributed by atoms with E-state index in [0.717, 1.165) is 31.9 Å². The molecule has 8 nitrogen and oxygen atoms in total. The van der Waals surface area contributed by atoms with Crippen molar-refractivity contribution in [1.82, 2.24) is 24.7 Å². The van der Waals surface area contributed by atoms with Crippen LogP contribution in [-0.2, 0) is 6.18 Å². The van der Waals surface area contributed by atoms with E-state index in [2.05, 4.69) is 25.6 Å². The van der Waals surface area contributed by atoms with Gasteiger partial charge in [0.05, 0.1) is 5.56 Å². The number of nitrogens with one attached hydrogen (secondary N) is 2. The predicted octanol–water partition coefficient (Wildman–Crippen LogP) is 2.88. The molecular formula is C19H20F3N7O. The average Bonchev–Trinajstić information content (AvgIpc) is 3.16. The summed E-state index contributed by atoms with van der Waals surface area (Å²) < 4.78 is 40.3. The minimum Gasteiger partial charge on any atom is -0.368 e. The number of hydrogen-bond donors (Lipinski definition) is 3. The number of pyridine rings is 1. The Labute approximate surface area is 169 Å². The number of aromatic nitrogens is 4. The number of amides is 1. The first-order valence-corrected chi connectivity index (χ1v) is 9.50. The summed E-state index contributed by atoms with van der Waals surface area (Å²) in [5, 5.41) is 6.27. The summed E-state index contributed by atoms with van der Waals surface area (Å²) in [6, 6.07) is 5.03. The van der Waals surface area contributed by atoms with Crippen LogP contribution in [-0.4, -0.2) is 37.3 Å². The normalized spacial score (nSPS) is 19.6. The number of carbonyl (C=O) groups is 1. The van der Waals surface area contributed by atoms with E-state index in [1.165, 1.54) is 22.9 Å². The molecule has 30 heavy (non-hydrogen) atoms. The highest BCUT2D eigenvalue weighted by Crippen LogP contribution is 2.30. The number of nitrogens with two attached hydrogens (primary N) is 1. The highest BCUT2D eigenvalue weighted by molar-refractivity contribution is 5.93. The molecule has 0 unspecified atom stereocenters. The van der Waals surface area contributed by atoms with Crippen LogP contribution in [0.2, 0.25) is 0 Å². The summed E-state index contributed by atoms with van der Waals surface area (Å²) in [6.45, 7) is 0. The molecule has 0 saturated heterocycles. The number of hydrogen-bond acceptors (Lipinski definition) is 6. The number of alkyl halides is 3. The van der Waals surface area contributed by atoms with Crippen LogP contribution in [0.5, 0.6) is 0 Å². The van der Waals surface area contributed by atoms with Crippen molar-refractivity contribution in [2.45, 2.75) is 43.9 Å². The molecule has 3 heterocycles. The van der Waals surface area contributed by atoms with Crippen molar-refractivity contribution in [3.63, 3.8) is 0 Å². The monoisotopic (exact) mass is 419 g/mol. The van der Waals surface area contributed by atoms with Crippen molar-refractivity contribution >= 4 is 23.3 Å². The minimum absolute atomic E-state index is 0.00831. The van der Waals surface area contributed by atoms with Gasteiger partial charge in [0, 0.05) is 30.7 Å². The molecule has 0 atom stereocenters. The Morgan fingerprint density at radius 1 is 1.10 bits per heavy atom. The maximum atomic E-state index is 13.0. The van der Waals surface area contributed by atoms with E-state index in [-0.39, 0.29) is 29.6 Å². The number of nitrogen functional groups attached to an aromatic ring is 1. The van der Waals surface area contributed by atoms with Crippen LogP contribution < -0.4 is 16.4 Å². The zero-order valence-electron chi connectivity index (χ0n) is 15.9. The lowest BCUT2D eigenvalue weighted by molar-refractivity contribution is -0.140. The van der Waals surface area contributed by atoms with E-state index >= 15 is 0 Å². The number of anilines is 2. The van der Waals surface area contributed by atoms with Gasteiger partial charge in [0.15, 0.2) is 5.69 Å². The highest BCUT2D eigenvalue weighted by atomic mass is 19.4. The third-order valence-electron chi connectivity index (χ3n) is 5.13. The number of rotatable bonds is 4. The molecule has 158 valence electrons. The Bertz CT molecular complexity index is 1040. The molecule has 4 N–H and O–H groups in total. The van der Waals surface area contributed by atoms with Crippen LogP contribution in [0.3, 0.4) is 0 Å². The van der Waals surface area contributed by atoms with E-state index in [0.29, 0.717) is 11.4 Å².